The lowest BCUT2D eigenvalue weighted by atomic mass is 10.2. The summed E-state index contributed by atoms with van der Waals surface area (Å²) in [4.78, 5) is 2.32. The van der Waals surface area contributed by atoms with E-state index in [2.05, 4.69) is 4.90 Å². The predicted octanol–water partition coefficient (Wildman–Crippen LogP) is 5.77. The molecule has 0 spiro atoms. The molecule has 1 fully saturated rings. The maximum atomic E-state index is 10.7. The van der Waals surface area contributed by atoms with E-state index in [0.717, 1.165) is 35.5 Å². The molecule has 34 heavy (non-hydrogen) atoms. The van der Waals surface area contributed by atoms with Crippen LogP contribution in [-0.2, 0) is 11.3 Å². The SMILES string of the molecule is Cc1nn(-c2cccc(Cl)c2)c(Oc2ccccc2)c1CN(CC(O)COC(C)(C)C)C1CC1. The van der Waals surface area contributed by atoms with Gasteiger partial charge in [-0.15, -0.1) is 0 Å². The summed E-state index contributed by atoms with van der Waals surface area (Å²) in [7, 11) is 0. The van der Waals surface area contributed by atoms with Gasteiger partial charge >= 0.3 is 0 Å². The van der Waals surface area contributed by atoms with Gasteiger partial charge in [0.25, 0.3) is 0 Å². The molecule has 4 rings (SSSR count). The number of aliphatic hydroxyl groups is 1. The minimum atomic E-state index is -0.568. The van der Waals surface area contributed by atoms with E-state index < -0.39 is 6.10 Å². The number of aromatic nitrogens is 2. The van der Waals surface area contributed by atoms with Crippen LogP contribution in [0.1, 0.15) is 44.9 Å². The lowest BCUT2D eigenvalue weighted by Crippen LogP contribution is -2.38. The van der Waals surface area contributed by atoms with Gasteiger partial charge in [-0.1, -0.05) is 35.9 Å². The molecule has 6 nitrogen and oxygen atoms in total. The molecule has 0 saturated heterocycles. The summed E-state index contributed by atoms with van der Waals surface area (Å²) in [6.45, 7) is 9.47. The molecule has 0 radical (unpaired) electrons. The van der Waals surface area contributed by atoms with Crippen LogP contribution in [0.4, 0.5) is 0 Å². The Morgan fingerprint density at radius 3 is 2.53 bits per heavy atom. The molecule has 1 N–H and O–H groups in total. The van der Waals surface area contributed by atoms with Crippen molar-refractivity contribution >= 4 is 11.6 Å². The number of hydrogen-bond donors (Lipinski definition) is 1. The molecule has 0 amide bonds. The zero-order valence-electron chi connectivity index (χ0n) is 20.4. The highest BCUT2D eigenvalue weighted by molar-refractivity contribution is 6.30. The second kappa shape index (κ2) is 10.5. The van der Waals surface area contributed by atoms with Crippen molar-refractivity contribution in [3.63, 3.8) is 0 Å². The molecular weight excluding hydrogens is 450 g/mol. The second-order valence-electron chi connectivity index (χ2n) is 9.91. The maximum Gasteiger partial charge on any atom is 0.227 e. The zero-order chi connectivity index (χ0) is 24.3. The summed E-state index contributed by atoms with van der Waals surface area (Å²) in [5.41, 5.74) is 2.44. The Labute approximate surface area is 207 Å². The highest BCUT2D eigenvalue weighted by atomic mass is 35.5. The molecule has 1 unspecified atom stereocenters. The molecule has 0 aliphatic heterocycles. The Kier molecular flexibility index (Phi) is 7.63. The van der Waals surface area contributed by atoms with E-state index in [9.17, 15) is 5.11 Å². The van der Waals surface area contributed by atoms with E-state index in [-0.39, 0.29) is 5.60 Å². The highest BCUT2D eigenvalue weighted by Gasteiger charge is 2.33. The first-order valence-corrected chi connectivity index (χ1v) is 12.2. The molecule has 0 bridgehead atoms. The van der Waals surface area contributed by atoms with E-state index in [1.165, 1.54) is 0 Å². The van der Waals surface area contributed by atoms with Gasteiger partial charge in [-0.05, 0) is 70.9 Å². The third kappa shape index (κ3) is 6.60. The summed E-state index contributed by atoms with van der Waals surface area (Å²) in [6, 6.07) is 17.8. The van der Waals surface area contributed by atoms with Gasteiger partial charge in [-0.2, -0.15) is 5.10 Å². The van der Waals surface area contributed by atoms with Crippen molar-refractivity contribution in [1.29, 1.82) is 0 Å². The number of nitrogens with zero attached hydrogens (tertiary/aromatic N) is 3. The number of halogens is 1. The first-order chi connectivity index (χ1) is 16.2. The molecule has 1 atom stereocenters. The van der Waals surface area contributed by atoms with Crippen LogP contribution in [0.5, 0.6) is 11.6 Å². The topological polar surface area (TPSA) is 59.8 Å². The molecule has 2 aromatic carbocycles. The normalized spacial score (nSPS) is 15.0. The third-order valence-corrected chi connectivity index (χ3v) is 5.96. The van der Waals surface area contributed by atoms with Crippen LogP contribution >= 0.6 is 11.6 Å². The van der Waals surface area contributed by atoms with Gasteiger partial charge in [-0.25, -0.2) is 4.68 Å². The van der Waals surface area contributed by atoms with Crippen LogP contribution in [0.3, 0.4) is 0 Å². The van der Waals surface area contributed by atoms with Gasteiger partial charge in [0.2, 0.25) is 5.88 Å². The molecule has 3 aromatic rings. The van der Waals surface area contributed by atoms with Crippen molar-refractivity contribution < 1.29 is 14.6 Å². The standard InChI is InChI=1S/C27H34ClN3O3/c1-19-25(17-30(21-13-14-21)16-23(32)18-33-27(2,3)4)26(34-24-11-6-5-7-12-24)31(29-19)22-10-8-9-20(28)15-22/h5-12,15,21,23,32H,13-14,16-18H2,1-4H3. The number of benzene rings is 2. The van der Waals surface area contributed by atoms with Crippen LogP contribution in [0.25, 0.3) is 5.69 Å². The van der Waals surface area contributed by atoms with E-state index in [4.69, 9.17) is 26.2 Å². The summed E-state index contributed by atoms with van der Waals surface area (Å²) in [5, 5.41) is 16.1. The van der Waals surface area contributed by atoms with Gasteiger partial charge in [0, 0.05) is 24.2 Å². The largest absolute Gasteiger partial charge is 0.439 e. The molecular formula is C27H34ClN3O3. The zero-order valence-corrected chi connectivity index (χ0v) is 21.1. The maximum absolute atomic E-state index is 10.7. The summed E-state index contributed by atoms with van der Waals surface area (Å²) in [5.74, 6) is 1.40. The molecule has 1 saturated carbocycles. The molecule has 1 aliphatic carbocycles. The number of hydrogen-bond acceptors (Lipinski definition) is 5. The summed E-state index contributed by atoms with van der Waals surface area (Å²) in [6.07, 6.45) is 1.69. The van der Waals surface area contributed by atoms with E-state index in [0.29, 0.717) is 36.6 Å². The minimum Gasteiger partial charge on any atom is -0.439 e. The molecule has 1 aliphatic rings. The van der Waals surface area contributed by atoms with Gasteiger partial charge in [-0.3, -0.25) is 4.90 Å². The van der Waals surface area contributed by atoms with Crippen molar-refractivity contribution in [3.05, 3.63) is 70.9 Å². The van der Waals surface area contributed by atoms with Crippen molar-refractivity contribution in [1.82, 2.24) is 14.7 Å². The Morgan fingerprint density at radius 2 is 1.88 bits per heavy atom. The summed E-state index contributed by atoms with van der Waals surface area (Å²) >= 11 is 6.28. The van der Waals surface area contributed by atoms with Crippen molar-refractivity contribution in [2.45, 2.75) is 64.8 Å². The smallest absolute Gasteiger partial charge is 0.227 e. The van der Waals surface area contributed by atoms with Crippen molar-refractivity contribution in [2.75, 3.05) is 13.2 Å². The van der Waals surface area contributed by atoms with Crippen LogP contribution in [0, 0.1) is 6.92 Å². The van der Waals surface area contributed by atoms with Crippen LogP contribution in [-0.4, -0.2) is 50.7 Å². The lowest BCUT2D eigenvalue weighted by Gasteiger charge is -2.27. The average molecular weight is 484 g/mol. The van der Waals surface area contributed by atoms with Crippen molar-refractivity contribution in [2.24, 2.45) is 0 Å². The van der Waals surface area contributed by atoms with Gasteiger partial charge < -0.3 is 14.6 Å². The quantitative estimate of drug-likeness (QED) is 0.397. The van der Waals surface area contributed by atoms with Crippen molar-refractivity contribution in [3.8, 4) is 17.3 Å². The Bertz CT molecular complexity index is 1090. The number of aliphatic hydroxyl groups excluding tert-OH is 1. The van der Waals surface area contributed by atoms with Crippen LogP contribution < -0.4 is 4.74 Å². The third-order valence-electron chi connectivity index (χ3n) is 5.73. The molecule has 1 aromatic heterocycles. The van der Waals surface area contributed by atoms with Crippen LogP contribution in [0.2, 0.25) is 5.02 Å². The number of rotatable bonds is 10. The summed E-state index contributed by atoms with van der Waals surface area (Å²) < 4.78 is 14.0. The average Bonchev–Trinajstić information content (AvgIpc) is 3.59. The van der Waals surface area contributed by atoms with E-state index in [1.807, 2.05) is 87.0 Å². The number of para-hydroxylation sites is 1. The first kappa shape index (κ1) is 24.7. The van der Waals surface area contributed by atoms with Gasteiger partial charge in [0.05, 0.1) is 35.3 Å². The monoisotopic (exact) mass is 483 g/mol. The fraction of sp³-hybridized carbons (Fsp3) is 0.444. The fourth-order valence-electron chi connectivity index (χ4n) is 3.86. The Hall–Kier alpha value is -2.38. The Balaban J connectivity index is 1.63. The predicted molar refractivity (Wildman–Crippen MR) is 135 cm³/mol. The highest BCUT2D eigenvalue weighted by Crippen LogP contribution is 2.35. The number of aryl methyl sites for hydroxylation is 1. The van der Waals surface area contributed by atoms with Crippen LogP contribution in [0.15, 0.2) is 54.6 Å². The Morgan fingerprint density at radius 1 is 1.15 bits per heavy atom. The van der Waals surface area contributed by atoms with Gasteiger partial charge in [0.1, 0.15) is 5.75 Å². The van der Waals surface area contributed by atoms with E-state index in [1.54, 1.807) is 0 Å². The lowest BCUT2D eigenvalue weighted by molar-refractivity contribution is -0.0573. The van der Waals surface area contributed by atoms with Gasteiger partial charge in [0.15, 0.2) is 0 Å². The molecule has 182 valence electrons. The molecule has 7 heteroatoms. The fourth-order valence-corrected chi connectivity index (χ4v) is 4.05. The first-order valence-electron chi connectivity index (χ1n) is 11.8. The number of ether oxygens (including phenoxy) is 2. The minimum absolute atomic E-state index is 0.281. The van der Waals surface area contributed by atoms with E-state index >= 15 is 0 Å². The second-order valence-corrected chi connectivity index (χ2v) is 10.4. The molecule has 1 heterocycles.